The van der Waals surface area contributed by atoms with Gasteiger partial charge in [-0.05, 0) is 53.4 Å². The number of hydrogen-bond donors (Lipinski definition) is 0. The van der Waals surface area contributed by atoms with Crippen LogP contribution in [0.15, 0.2) is 42.5 Å². The van der Waals surface area contributed by atoms with Crippen LogP contribution in [0.3, 0.4) is 0 Å². The number of esters is 4. The molecule has 234 valence electrons. The molecule has 0 aliphatic carbocycles. The van der Waals surface area contributed by atoms with E-state index in [1.54, 1.807) is 30.3 Å². The molecule has 4 rings (SSSR count). The highest BCUT2D eigenvalue weighted by Gasteiger charge is 2.53. The number of halogens is 3. The van der Waals surface area contributed by atoms with Gasteiger partial charge >= 0.3 is 23.9 Å². The molecule has 0 radical (unpaired) electrons. The molecule has 0 bridgehead atoms. The van der Waals surface area contributed by atoms with E-state index in [-0.39, 0.29) is 5.56 Å². The molecular weight excluding hydrogens is 605 g/mol. The molecule has 13 heteroatoms. The van der Waals surface area contributed by atoms with Gasteiger partial charge in [0.1, 0.15) is 6.10 Å². The largest absolute Gasteiger partial charge is 0.455 e. The Bertz CT molecular complexity index is 1560. The minimum atomic E-state index is -1.54. The first-order valence-electron chi connectivity index (χ1n) is 13.4. The molecule has 1 fully saturated rings. The maximum Gasteiger partial charge on any atom is 0.305 e. The number of carbonyl (C=O) groups is 4. The van der Waals surface area contributed by atoms with Crippen molar-refractivity contribution >= 4 is 35.2 Å². The second kappa shape index (κ2) is 13.6. The third kappa shape index (κ3) is 7.64. The molecule has 1 aromatic heterocycles. The van der Waals surface area contributed by atoms with Crippen LogP contribution in [0.5, 0.6) is 0 Å². The van der Waals surface area contributed by atoms with Gasteiger partial charge < -0.3 is 23.7 Å². The van der Waals surface area contributed by atoms with E-state index in [9.17, 15) is 32.3 Å². The minimum Gasteiger partial charge on any atom is -0.455 e. The average Bonchev–Trinajstić information content (AvgIpc) is 3.39. The van der Waals surface area contributed by atoms with E-state index in [0.29, 0.717) is 16.9 Å². The molecule has 5 atom stereocenters. The van der Waals surface area contributed by atoms with Crippen molar-refractivity contribution in [2.24, 2.45) is 0 Å². The number of rotatable bonds is 8. The molecule has 1 aliphatic heterocycles. The lowest BCUT2D eigenvalue weighted by Crippen LogP contribution is -2.59. The normalized spacial score (nSPS) is 21.3. The van der Waals surface area contributed by atoms with Crippen LogP contribution < -0.4 is 0 Å². The molecule has 9 nitrogen and oxygen atoms in total. The molecule has 0 amide bonds. The van der Waals surface area contributed by atoms with Crippen molar-refractivity contribution in [1.82, 2.24) is 0 Å². The Balaban J connectivity index is 1.71. The molecule has 1 saturated heterocycles. The summed E-state index contributed by atoms with van der Waals surface area (Å²) >= 11 is 1.26. The van der Waals surface area contributed by atoms with Crippen LogP contribution in [0.25, 0.3) is 10.4 Å². The van der Waals surface area contributed by atoms with Crippen molar-refractivity contribution in [2.75, 3.05) is 0 Å². The zero-order valence-electron chi connectivity index (χ0n) is 24.4. The zero-order chi connectivity index (χ0) is 32.3. The van der Waals surface area contributed by atoms with E-state index in [2.05, 4.69) is 0 Å². The first kappa shape index (κ1) is 32.7. The summed E-state index contributed by atoms with van der Waals surface area (Å²) in [7, 11) is 0. The Morgan fingerprint density at radius 1 is 0.750 bits per heavy atom. The van der Waals surface area contributed by atoms with Gasteiger partial charge in [0.15, 0.2) is 29.7 Å². The fourth-order valence-corrected chi connectivity index (χ4v) is 5.89. The first-order chi connectivity index (χ1) is 20.7. The molecular formula is C31H29F3O9S. The van der Waals surface area contributed by atoms with Crippen LogP contribution in [0, 0.1) is 24.4 Å². The van der Waals surface area contributed by atoms with Gasteiger partial charge in [-0.3, -0.25) is 19.2 Å². The quantitative estimate of drug-likeness (QED) is 0.180. The van der Waals surface area contributed by atoms with Crippen LogP contribution in [-0.2, 0) is 49.3 Å². The third-order valence-corrected chi connectivity index (χ3v) is 7.81. The van der Waals surface area contributed by atoms with E-state index < -0.39 is 72.0 Å². The maximum atomic E-state index is 13.8. The smallest absolute Gasteiger partial charge is 0.305 e. The Morgan fingerprint density at radius 3 is 1.91 bits per heavy atom. The van der Waals surface area contributed by atoms with Crippen molar-refractivity contribution in [3.8, 4) is 10.4 Å². The van der Waals surface area contributed by atoms with Gasteiger partial charge in [-0.1, -0.05) is 18.2 Å². The fraction of sp³-hybridized carbons (Fsp3) is 0.355. The lowest BCUT2D eigenvalue weighted by Gasteiger charge is -2.44. The molecule has 0 saturated carbocycles. The molecule has 44 heavy (non-hydrogen) atoms. The van der Waals surface area contributed by atoms with Crippen molar-refractivity contribution in [3.05, 3.63) is 81.5 Å². The summed E-state index contributed by atoms with van der Waals surface area (Å²) in [5, 5.41) is 0. The summed E-state index contributed by atoms with van der Waals surface area (Å²) in [6.07, 6.45) is -6.43. The van der Waals surface area contributed by atoms with Gasteiger partial charge in [0, 0.05) is 43.9 Å². The molecule has 1 unspecified atom stereocenters. The second-order valence-electron chi connectivity index (χ2n) is 10.1. The van der Waals surface area contributed by atoms with Gasteiger partial charge in [0.25, 0.3) is 0 Å². The van der Waals surface area contributed by atoms with E-state index in [4.69, 9.17) is 23.7 Å². The van der Waals surface area contributed by atoms with Crippen LogP contribution in [0.2, 0.25) is 0 Å². The Labute approximate surface area is 254 Å². The van der Waals surface area contributed by atoms with Gasteiger partial charge in [-0.25, -0.2) is 13.2 Å². The Morgan fingerprint density at radius 2 is 1.32 bits per heavy atom. The van der Waals surface area contributed by atoms with Gasteiger partial charge in [-0.2, -0.15) is 0 Å². The summed E-state index contributed by atoms with van der Waals surface area (Å²) in [5.41, 5.74) is 2.33. The Hall–Kier alpha value is -4.23. The highest BCUT2D eigenvalue weighted by Crippen LogP contribution is 2.39. The molecule has 1 aliphatic rings. The van der Waals surface area contributed by atoms with Gasteiger partial charge in [0.05, 0.1) is 0 Å². The number of hydrogen-bond acceptors (Lipinski definition) is 10. The van der Waals surface area contributed by atoms with Crippen molar-refractivity contribution < 1.29 is 56.0 Å². The molecule has 0 spiro atoms. The predicted molar refractivity (Wildman–Crippen MR) is 150 cm³/mol. The van der Waals surface area contributed by atoms with Crippen LogP contribution in [-0.4, -0.2) is 48.5 Å². The van der Waals surface area contributed by atoms with Crippen molar-refractivity contribution in [3.63, 3.8) is 0 Å². The zero-order valence-corrected chi connectivity index (χ0v) is 25.2. The standard InChI is InChI=1S/C31H29F3O9S/c1-14-6-7-19(10-20(14)11-22-8-9-25(44-22)21-12-23(32)26(34)24(33)13-21)27-28(39-15(2)35)29(40-16(3)36)30(41-17(4)37)31(43-27)42-18(5)38/h6-10,12-13,27-31H,11H2,1-5H3/t27?,28-,29+,30-,31-/m0/s1. The van der Waals surface area contributed by atoms with Crippen LogP contribution >= 0.6 is 11.3 Å². The third-order valence-electron chi connectivity index (χ3n) is 6.68. The molecule has 2 heterocycles. The fourth-order valence-electron chi connectivity index (χ4n) is 4.87. The minimum absolute atomic E-state index is 0.193. The Kier molecular flexibility index (Phi) is 10.1. The highest BCUT2D eigenvalue weighted by atomic mass is 32.1. The van der Waals surface area contributed by atoms with E-state index in [1.807, 2.05) is 6.92 Å². The number of ether oxygens (including phenoxy) is 5. The van der Waals surface area contributed by atoms with E-state index >= 15 is 0 Å². The monoisotopic (exact) mass is 634 g/mol. The van der Waals surface area contributed by atoms with E-state index in [1.165, 1.54) is 11.3 Å². The van der Waals surface area contributed by atoms with Gasteiger partial charge in [-0.15, -0.1) is 11.3 Å². The van der Waals surface area contributed by atoms with Crippen LogP contribution in [0.1, 0.15) is 55.4 Å². The van der Waals surface area contributed by atoms with Crippen LogP contribution in [0.4, 0.5) is 13.2 Å². The summed E-state index contributed by atoms with van der Waals surface area (Å²) in [5.74, 6) is -7.18. The second-order valence-corrected chi connectivity index (χ2v) is 11.3. The number of thiophene rings is 1. The SMILES string of the molecule is CC(=O)O[C@H]1OC(c2ccc(C)c(Cc3ccc(-c4cc(F)c(F)c(F)c4)s3)c2)[C@H](OC(C)=O)[C@@H](OC(C)=O)[C@@H]1OC(C)=O. The number of benzene rings is 2. The van der Waals surface area contributed by atoms with Crippen molar-refractivity contribution in [2.45, 2.75) is 71.7 Å². The van der Waals surface area contributed by atoms with Gasteiger partial charge in [0.2, 0.25) is 12.4 Å². The molecule has 0 N–H and O–H groups in total. The predicted octanol–water partition coefficient (Wildman–Crippen LogP) is 5.49. The molecule has 2 aromatic carbocycles. The number of aryl methyl sites for hydroxylation is 1. The first-order valence-corrected chi connectivity index (χ1v) is 14.2. The number of carbonyl (C=O) groups excluding carboxylic acids is 4. The van der Waals surface area contributed by atoms with E-state index in [0.717, 1.165) is 55.8 Å². The van der Waals surface area contributed by atoms with Crippen molar-refractivity contribution in [1.29, 1.82) is 0 Å². The lowest BCUT2D eigenvalue weighted by atomic mass is 9.90. The summed E-state index contributed by atoms with van der Waals surface area (Å²) in [4.78, 5) is 49.5. The lowest BCUT2D eigenvalue weighted by molar-refractivity contribution is -0.298. The molecule has 3 aromatic rings. The summed E-state index contributed by atoms with van der Waals surface area (Å²) in [6, 6.07) is 10.6. The summed E-state index contributed by atoms with van der Waals surface area (Å²) in [6.45, 7) is 6.36. The highest BCUT2D eigenvalue weighted by molar-refractivity contribution is 7.15. The average molecular weight is 635 g/mol. The maximum absolute atomic E-state index is 13.8. The summed E-state index contributed by atoms with van der Waals surface area (Å²) < 4.78 is 68.8. The topological polar surface area (TPSA) is 114 Å².